The normalized spacial score (nSPS) is 14.9. The summed E-state index contributed by atoms with van der Waals surface area (Å²) in [5.74, 6) is 0. The molecule has 0 aliphatic rings. The average Bonchev–Trinajstić information content (AvgIpc) is 2.00. The number of rotatable bonds is 3. The fourth-order valence-electron chi connectivity index (χ4n) is 0.350. The van der Waals surface area contributed by atoms with Gasteiger partial charge in [0.05, 0.1) is 18.6 Å². The van der Waals surface area contributed by atoms with Gasteiger partial charge < -0.3 is 15.5 Å². The minimum Gasteiger partial charge on any atom is -0.569 e. The molecule has 0 aromatic carbocycles. The number of hydrazine groups is 1. The van der Waals surface area contributed by atoms with Crippen LogP contribution in [0.25, 0.3) is 0 Å². The number of nitrogens with zero attached hydrogens (tertiary/aromatic N) is 3. The number of aliphatic hydroxyl groups excluding tert-OH is 1. The van der Waals surface area contributed by atoms with Crippen LogP contribution in [0.1, 0.15) is 6.92 Å². The fourth-order valence-corrected chi connectivity index (χ4v) is 0.350. The molecule has 0 spiro atoms. The van der Waals surface area contributed by atoms with E-state index >= 15 is 0 Å². The number of hydrogen-bond donors (Lipinski definition) is 2. The zero-order chi connectivity index (χ0) is 8.15. The van der Waals surface area contributed by atoms with Crippen LogP contribution in [0.5, 0.6) is 0 Å². The lowest BCUT2D eigenvalue weighted by molar-refractivity contribution is -0.711. The highest BCUT2D eigenvalue weighted by molar-refractivity contribution is 4.49. The lowest BCUT2D eigenvalue weighted by Gasteiger charge is -2.16. The van der Waals surface area contributed by atoms with Gasteiger partial charge in [0.1, 0.15) is 6.04 Å². The fraction of sp³-hybridized carbons (Fsp3) is 1.00. The van der Waals surface area contributed by atoms with E-state index in [1.54, 1.807) is 6.92 Å². The summed E-state index contributed by atoms with van der Waals surface area (Å²) in [5.41, 5.74) is 0. The van der Waals surface area contributed by atoms with E-state index in [0.717, 1.165) is 5.01 Å². The lowest BCUT2D eigenvalue weighted by atomic mass is 10.4. The molecular weight excluding hydrogens is 138 g/mol. The second-order valence-electron chi connectivity index (χ2n) is 1.95. The van der Waals surface area contributed by atoms with Gasteiger partial charge in [-0.15, -0.1) is 5.01 Å². The van der Waals surface area contributed by atoms with Crippen molar-refractivity contribution in [3.63, 3.8) is 0 Å². The Balaban J connectivity index is 3.94. The molecule has 0 amide bonds. The molecule has 0 aromatic heterocycles. The Hall–Kier alpha value is -1.04. The predicted molar refractivity (Wildman–Crippen MR) is 32.2 cm³/mol. The van der Waals surface area contributed by atoms with Gasteiger partial charge in [0.25, 0.3) is 0 Å². The van der Waals surface area contributed by atoms with Crippen molar-refractivity contribution < 1.29 is 15.3 Å². The highest BCUT2D eigenvalue weighted by atomic mass is 16.6. The van der Waals surface area contributed by atoms with Crippen molar-refractivity contribution in [3.8, 4) is 0 Å². The van der Waals surface area contributed by atoms with Crippen LogP contribution in [0.3, 0.4) is 0 Å². The molecule has 0 bridgehead atoms. The summed E-state index contributed by atoms with van der Waals surface area (Å²) >= 11 is 0. The van der Waals surface area contributed by atoms with Crippen molar-refractivity contribution in [1.82, 2.24) is 5.01 Å². The second-order valence-corrected chi connectivity index (χ2v) is 1.95. The molecule has 0 rings (SSSR count). The van der Waals surface area contributed by atoms with Gasteiger partial charge in [0.15, 0.2) is 0 Å². The van der Waals surface area contributed by atoms with Crippen LogP contribution in [0.4, 0.5) is 0 Å². The van der Waals surface area contributed by atoms with Gasteiger partial charge in [-0.2, -0.15) is 0 Å². The maximum Gasteiger partial charge on any atom is 0.230 e. The van der Waals surface area contributed by atoms with E-state index in [0.29, 0.717) is 0 Å². The van der Waals surface area contributed by atoms with E-state index in [2.05, 4.69) is 5.28 Å². The molecule has 0 aliphatic carbocycles. The van der Waals surface area contributed by atoms with Gasteiger partial charge in [-0.25, -0.2) is 0 Å². The standard InChI is InChI=1S/C4H11N3O3/c1-4(3-8)6(2)7(10)5-9/h4,8-9H,3H2,1-2H3/b7-5-/t4-/m0/s1. The summed E-state index contributed by atoms with van der Waals surface area (Å²) < 4.78 is 0. The molecule has 1 atom stereocenters. The van der Waals surface area contributed by atoms with Crippen molar-refractivity contribution in [2.75, 3.05) is 13.7 Å². The Morgan fingerprint density at radius 3 is 2.60 bits per heavy atom. The van der Waals surface area contributed by atoms with Crippen LogP contribution in [0.15, 0.2) is 5.28 Å². The zero-order valence-electron chi connectivity index (χ0n) is 5.93. The summed E-state index contributed by atoms with van der Waals surface area (Å²) in [4.78, 5) is 0.000880. The quantitative estimate of drug-likeness (QED) is 0.324. The molecule has 2 N–H and O–H groups in total. The van der Waals surface area contributed by atoms with E-state index in [1.165, 1.54) is 7.05 Å². The first-order valence-electron chi connectivity index (χ1n) is 2.79. The third-order valence-corrected chi connectivity index (χ3v) is 1.25. The smallest absolute Gasteiger partial charge is 0.230 e. The largest absolute Gasteiger partial charge is 0.569 e. The number of likely N-dealkylation sites (N-methyl/N-ethyl adjacent to an activating group) is 1. The number of aliphatic hydroxyl groups is 1. The van der Waals surface area contributed by atoms with Crippen molar-refractivity contribution in [2.24, 2.45) is 5.28 Å². The van der Waals surface area contributed by atoms with E-state index in [4.69, 9.17) is 10.3 Å². The Bertz CT molecular complexity index is 127. The van der Waals surface area contributed by atoms with Gasteiger partial charge in [-0.1, -0.05) is 0 Å². The third-order valence-electron chi connectivity index (χ3n) is 1.25. The molecule has 6 heteroatoms. The molecule has 0 aliphatic heterocycles. The second kappa shape index (κ2) is 3.89. The number of hydrogen-bond acceptors (Lipinski definition) is 3. The Morgan fingerprint density at radius 1 is 1.80 bits per heavy atom. The van der Waals surface area contributed by atoms with E-state index < -0.39 is 0 Å². The van der Waals surface area contributed by atoms with Gasteiger partial charge in [0.2, 0.25) is 5.28 Å². The Morgan fingerprint density at radius 2 is 2.30 bits per heavy atom. The van der Waals surface area contributed by atoms with E-state index in [-0.39, 0.29) is 17.6 Å². The maximum absolute atomic E-state index is 10.4. The minimum atomic E-state index is -0.353. The molecule has 10 heavy (non-hydrogen) atoms. The summed E-state index contributed by atoms with van der Waals surface area (Å²) in [6.45, 7) is 1.46. The molecule has 60 valence electrons. The molecule has 0 fully saturated rings. The molecule has 0 unspecified atom stereocenters. The topological polar surface area (TPSA) is 82.1 Å². The minimum absolute atomic E-state index is 0.000880. The molecule has 0 saturated heterocycles. The molecule has 6 nitrogen and oxygen atoms in total. The highest BCUT2D eigenvalue weighted by Crippen LogP contribution is 1.93. The van der Waals surface area contributed by atoms with Crippen LogP contribution < -0.4 is 0 Å². The van der Waals surface area contributed by atoms with Crippen LogP contribution >= 0.6 is 0 Å². The van der Waals surface area contributed by atoms with Gasteiger partial charge in [-0.3, -0.25) is 0 Å². The van der Waals surface area contributed by atoms with Crippen LogP contribution in [-0.2, 0) is 0 Å². The van der Waals surface area contributed by atoms with Crippen LogP contribution in [0, 0.1) is 5.21 Å². The molecule has 0 saturated carbocycles. The van der Waals surface area contributed by atoms with Crippen molar-refractivity contribution in [1.29, 1.82) is 0 Å². The van der Waals surface area contributed by atoms with Crippen molar-refractivity contribution in [3.05, 3.63) is 5.21 Å². The summed E-state index contributed by atoms with van der Waals surface area (Å²) in [6.07, 6.45) is 0. The van der Waals surface area contributed by atoms with Gasteiger partial charge in [0, 0.05) is 0 Å². The summed E-state index contributed by atoms with van der Waals surface area (Å²) in [6, 6.07) is -0.353. The first-order chi connectivity index (χ1) is 4.63. The Kier molecular flexibility index (Phi) is 3.48. The van der Waals surface area contributed by atoms with Crippen molar-refractivity contribution in [2.45, 2.75) is 13.0 Å². The zero-order valence-corrected chi connectivity index (χ0v) is 5.93. The highest BCUT2D eigenvalue weighted by Gasteiger charge is 2.13. The third kappa shape index (κ3) is 2.06. The first-order valence-corrected chi connectivity index (χ1v) is 2.79. The molecular formula is C4H11N3O3. The van der Waals surface area contributed by atoms with Crippen LogP contribution in [-0.4, -0.2) is 40.0 Å². The molecule has 0 heterocycles. The SMILES string of the molecule is C[C@@H](CO)N(C)/[N+]([O-])=N/O. The summed E-state index contributed by atoms with van der Waals surface area (Å²) in [7, 11) is 1.41. The monoisotopic (exact) mass is 149 g/mol. The Labute approximate surface area is 58.5 Å². The van der Waals surface area contributed by atoms with E-state index in [9.17, 15) is 5.21 Å². The maximum atomic E-state index is 10.4. The lowest BCUT2D eigenvalue weighted by Crippen LogP contribution is -2.37. The summed E-state index contributed by atoms with van der Waals surface area (Å²) in [5, 5.41) is 30.3. The average molecular weight is 149 g/mol. The molecule has 0 aromatic rings. The first kappa shape index (κ1) is 8.96. The van der Waals surface area contributed by atoms with Crippen molar-refractivity contribution >= 4 is 0 Å². The van der Waals surface area contributed by atoms with Gasteiger partial charge in [-0.05, 0) is 6.92 Å². The molecule has 0 radical (unpaired) electrons. The van der Waals surface area contributed by atoms with Gasteiger partial charge >= 0.3 is 0 Å². The predicted octanol–water partition coefficient (Wildman–Crippen LogP) is -0.434. The van der Waals surface area contributed by atoms with E-state index in [1.807, 2.05) is 0 Å². The van der Waals surface area contributed by atoms with Crippen LogP contribution in [0.2, 0.25) is 0 Å².